The molecule has 29 heavy (non-hydrogen) atoms. The average Bonchev–Trinajstić information content (AvgIpc) is 3.03. The van der Waals surface area contributed by atoms with Gasteiger partial charge in [-0.25, -0.2) is 0 Å². The molecule has 2 aromatic rings. The van der Waals surface area contributed by atoms with Crippen LogP contribution >= 0.6 is 0 Å². The van der Waals surface area contributed by atoms with Gasteiger partial charge in [0.05, 0.1) is 11.3 Å². The summed E-state index contributed by atoms with van der Waals surface area (Å²) in [6.07, 6.45) is 1.41. The van der Waals surface area contributed by atoms with E-state index in [9.17, 15) is 9.59 Å². The third-order valence-electron chi connectivity index (χ3n) is 5.93. The first-order valence-corrected chi connectivity index (χ1v) is 10.3. The van der Waals surface area contributed by atoms with Crippen molar-refractivity contribution >= 4 is 17.5 Å². The molecule has 2 aliphatic heterocycles. The third-order valence-corrected chi connectivity index (χ3v) is 5.93. The molecule has 152 valence electrons. The molecular formula is C24H29N3O2. The van der Waals surface area contributed by atoms with Crippen molar-refractivity contribution in [2.24, 2.45) is 0 Å². The van der Waals surface area contributed by atoms with Gasteiger partial charge in [-0.1, -0.05) is 42.5 Å². The Hall–Kier alpha value is -2.82. The van der Waals surface area contributed by atoms with Crippen LogP contribution in [0.1, 0.15) is 56.5 Å². The molecule has 4 rings (SSSR count). The predicted octanol–water partition coefficient (Wildman–Crippen LogP) is 3.94. The van der Waals surface area contributed by atoms with Gasteiger partial charge in [0.25, 0.3) is 5.91 Å². The molecule has 0 bridgehead atoms. The van der Waals surface area contributed by atoms with Crippen LogP contribution in [-0.2, 0) is 11.3 Å². The second-order valence-corrected chi connectivity index (χ2v) is 9.27. The zero-order valence-electron chi connectivity index (χ0n) is 17.6. The van der Waals surface area contributed by atoms with Crippen LogP contribution in [0.5, 0.6) is 0 Å². The van der Waals surface area contributed by atoms with Crippen LogP contribution in [-0.4, -0.2) is 34.0 Å². The number of hydrogen-bond donors (Lipinski definition) is 1. The summed E-state index contributed by atoms with van der Waals surface area (Å²) >= 11 is 0. The highest BCUT2D eigenvalue weighted by Crippen LogP contribution is 2.46. The van der Waals surface area contributed by atoms with Gasteiger partial charge in [0.1, 0.15) is 11.7 Å². The molecule has 1 saturated heterocycles. The summed E-state index contributed by atoms with van der Waals surface area (Å²) in [4.78, 5) is 30.7. The summed E-state index contributed by atoms with van der Waals surface area (Å²) in [5.41, 5.74) is 1.91. The van der Waals surface area contributed by atoms with Crippen LogP contribution in [0.15, 0.2) is 54.6 Å². The van der Waals surface area contributed by atoms with Gasteiger partial charge in [-0.3, -0.25) is 9.59 Å². The van der Waals surface area contributed by atoms with E-state index < -0.39 is 11.7 Å². The van der Waals surface area contributed by atoms with Crippen LogP contribution < -0.4 is 10.2 Å². The largest absolute Gasteiger partial charge is 0.350 e. The molecule has 5 heteroatoms. The lowest BCUT2D eigenvalue weighted by Gasteiger charge is -2.51. The zero-order valence-corrected chi connectivity index (χ0v) is 17.6. The maximum Gasteiger partial charge on any atom is 0.258 e. The number of nitrogens with one attached hydrogen (secondary N) is 1. The van der Waals surface area contributed by atoms with E-state index in [2.05, 4.69) is 29.3 Å². The number of rotatable bonds is 3. The number of anilines is 1. The van der Waals surface area contributed by atoms with Crippen LogP contribution in [0, 0.1) is 0 Å². The van der Waals surface area contributed by atoms with E-state index in [1.807, 2.05) is 68.1 Å². The minimum Gasteiger partial charge on any atom is -0.350 e. The van der Waals surface area contributed by atoms with Gasteiger partial charge in [0, 0.05) is 12.1 Å². The van der Waals surface area contributed by atoms with Crippen LogP contribution in [0.25, 0.3) is 0 Å². The van der Waals surface area contributed by atoms with Crippen LogP contribution in [0.2, 0.25) is 0 Å². The van der Waals surface area contributed by atoms with Gasteiger partial charge in [-0.15, -0.1) is 0 Å². The molecule has 2 aromatic carbocycles. The smallest absolute Gasteiger partial charge is 0.258 e. The van der Waals surface area contributed by atoms with Crippen molar-refractivity contribution in [1.29, 1.82) is 0 Å². The molecule has 0 saturated carbocycles. The van der Waals surface area contributed by atoms with Crippen molar-refractivity contribution in [2.75, 3.05) is 4.90 Å². The summed E-state index contributed by atoms with van der Waals surface area (Å²) in [5, 5.41) is 3.07. The zero-order chi connectivity index (χ0) is 20.8. The Balaban J connectivity index is 1.76. The van der Waals surface area contributed by atoms with Gasteiger partial charge >= 0.3 is 0 Å². The van der Waals surface area contributed by atoms with E-state index in [0.717, 1.165) is 12.1 Å². The minimum absolute atomic E-state index is 0.0565. The van der Waals surface area contributed by atoms with E-state index in [0.29, 0.717) is 18.5 Å². The molecular weight excluding hydrogens is 362 g/mol. The highest BCUT2D eigenvalue weighted by Gasteiger charge is 2.55. The molecule has 2 aliphatic rings. The van der Waals surface area contributed by atoms with Crippen molar-refractivity contribution in [2.45, 2.75) is 64.3 Å². The molecule has 0 radical (unpaired) electrons. The number of para-hydroxylation sites is 1. The average molecular weight is 392 g/mol. The molecule has 0 aromatic heterocycles. The number of nitrogens with zero attached hydrogens (tertiary/aromatic N) is 2. The Bertz CT molecular complexity index is 935. The summed E-state index contributed by atoms with van der Waals surface area (Å²) in [6, 6.07) is 17.6. The van der Waals surface area contributed by atoms with E-state index in [-0.39, 0.29) is 17.4 Å². The Morgan fingerprint density at radius 3 is 2.45 bits per heavy atom. The lowest BCUT2D eigenvalue weighted by molar-refractivity contribution is -0.127. The van der Waals surface area contributed by atoms with E-state index in [1.54, 1.807) is 0 Å². The number of carbonyl (C=O) groups is 2. The van der Waals surface area contributed by atoms with Crippen molar-refractivity contribution in [3.8, 4) is 0 Å². The van der Waals surface area contributed by atoms with Crippen molar-refractivity contribution in [3.63, 3.8) is 0 Å². The first-order chi connectivity index (χ1) is 13.7. The first kappa shape index (κ1) is 19.5. The third kappa shape index (κ3) is 3.39. The summed E-state index contributed by atoms with van der Waals surface area (Å²) < 4.78 is 0. The fraction of sp³-hybridized carbons (Fsp3) is 0.417. The fourth-order valence-electron chi connectivity index (χ4n) is 4.62. The van der Waals surface area contributed by atoms with E-state index in [4.69, 9.17) is 0 Å². The number of benzene rings is 2. The number of amides is 2. The van der Waals surface area contributed by atoms with Gasteiger partial charge < -0.3 is 15.1 Å². The quantitative estimate of drug-likeness (QED) is 0.862. The maximum atomic E-state index is 13.5. The second kappa shape index (κ2) is 6.90. The number of fused-ring (bicyclic) bond motifs is 2. The maximum absolute atomic E-state index is 13.5. The second-order valence-electron chi connectivity index (χ2n) is 9.27. The van der Waals surface area contributed by atoms with Crippen molar-refractivity contribution < 1.29 is 9.59 Å². The Morgan fingerprint density at radius 1 is 1.10 bits per heavy atom. The van der Waals surface area contributed by atoms with E-state index in [1.165, 1.54) is 5.56 Å². The number of carbonyl (C=O) groups excluding carboxylic acids is 2. The highest BCUT2D eigenvalue weighted by molar-refractivity contribution is 6.05. The molecule has 2 atom stereocenters. The fourth-order valence-corrected chi connectivity index (χ4v) is 4.62. The van der Waals surface area contributed by atoms with Crippen LogP contribution in [0.3, 0.4) is 0 Å². The number of hydrogen-bond acceptors (Lipinski definition) is 3. The van der Waals surface area contributed by atoms with Crippen molar-refractivity contribution in [3.05, 3.63) is 65.7 Å². The summed E-state index contributed by atoms with van der Waals surface area (Å²) in [7, 11) is 0. The standard InChI is InChI=1S/C24H29N3O2/c1-23(2,3)25-21(28)20-14-15-24(4)26(16-17-10-6-5-7-11-17)19-13-9-8-12-18(19)22(29)27(20)24/h5-13,20H,14-16H2,1-4H3,(H,25,28)/t20-,24-/m1/s1. The molecule has 5 nitrogen and oxygen atoms in total. The lowest BCUT2D eigenvalue weighted by atomic mass is 9.97. The van der Waals surface area contributed by atoms with Gasteiger partial charge in [0.2, 0.25) is 5.91 Å². The van der Waals surface area contributed by atoms with Gasteiger partial charge in [-0.05, 0) is 58.2 Å². The van der Waals surface area contributed by atoms with E-state index >= 15 is 0 Å². The highest BCUT2D eigenvalue weighted by atomic mass is 16.2. The Kier molecular flexibility index (Phi) is 4.64. The molecule has 2 heterocycles. The topological polar surface area (TPSA) is 52.7 Å². The molecule has 2 amide bonds. The SMILES string of the molecule is CC(C)(C)NC(=O)[C@H]1CC[C@]2(C)N(Cc3ccccc3)c3ccccc3C(=O)N12. The predicted molar refractivity (Wildman–Crippen MR) is 115 cm³/mol. The lowest BCUT2D eigenvalue weighted by Crippen LogP contribution is -2.64. The summed E-state index contributed by atoms with van der Waals surface area (Å²) in [6.45, 7) is 8.68. The van der Waals surface area contributed by atoms with Gasteiger partial charge in [0.15, 0.2) is 0 Å². The monoisotopic (exact) mass is 391 g/mol. The van der Waals surface area contributed by atoms with Crippen molar-refractivity contribution in [1.82, 2.24) is 10.2 Å². The molecule has 1 fully saturated rings. The van der Waals surface area contributed by atoms with Crippen LogP contribution in [0.4, 0.5) is 5.69 Å². The summed E-state index contributed by atoms with van der Waals surface area (Å²) in [5.74, 6) is -0.132. The molecule has 0 spiro atoms. The van der Waals surface area contributed by atoms with Gasteiger partial charge in [-0.2, -0.15) is 0 Å². The molecule has 1 N–H and O–H groups in total. The molecule has 0 aliphatic carbocycles. The normalized spacial score (nSPS) is 23.6. The first-order valence-electron chi connectivity index (χ1n) is 10.3. The minimum atomic E-state index is -0.541. The Morgan fingerprint density at radius 2 is 1.76 bits per heavy atom. The molecule has 0 unspecified atom stereocenters. The Labute approximate surface area is 172 Å².